The Morgan fingerprint density at radius 3 is 2.56 bits per heavy atom. The summed E-state index contributed by atoms with van der Waals surface area (Å²) >= 11 is 0. The molecule has 0 aliphatic carbocycles. The summed E-state index contributed by atoms with van der Waals surface area (Å²) in [4.78, 5) is 22.6. The van der Waals surface area contributed by atoms with Crippen LogP contribution in [0.5, 0.6) is 0 Å². The van der Waals surface area contributed by atoms with Crippen LogP contribution in [0.25, 0.3) is 0 Å². The molecule has 0 saturated carbocycles. The first-order valence-electron chi connectivity index (χ1n) is 8.33. The van der Waals surface area contributed by atoms with E-state index in [-0.39, 0.29) is 5.56 Å². The number of hydrogen-bond donors (Lipinski definition) is 3. The minimum absolute atomic E-state index is 0.0598. The van der Waals surface area contributed by atoms with Crippen LogP contribution >= 0.6 is 0 Å². The van der Waals surface area contributed by atoms with Gasteiger partial charge in [-0.25, -0.2) is 14.4 Å². The summed E-state index contributed by atoms with van der Waals surface area (Å²) in [5.74, 6) is -0.256. The molecule has 1 aromatic carbocycles. The van der Waals surface area contributed by atoms with E-state index in [0.29, 0.717) is 17.3 Å². The standard InChI is InChI=1S/C17H21FN6O/c18-13-8-4-3-7-12(13)17(25)23-22-15-14(19)16(21-11-20-15)24-9-5-1-2-6-10-24/h3-4,7-8,11H,1-2,5-6,9-10,19H2,(H,23,25)(H,20,21,22). The second-order valence-corrected chi connectivity index (χ2v) is 5.92. The number of hydrogen-bond acceptors (Lipinski definition) is 6. The Labute approximate surface area is 145 Å². The van der Waals surface area contributed by atoms with E-state index in [1.807, 2.05) is 0 Å². The molecule has 8 heteroatoms. The highest BCUT2D eigenvalue weighted by Gasteiger charge is 2.17. The molecule has 1 aliphatic heterocycles. The maximum absolute atomic E-state index is 13.6. The van der Waals surface area contributed by atoms with Gasteiger partial charge in [0.15, 0.2) is 11.6 Å². The molecular formula is C17H21FN6O. The largest absolute Gasteiger partial charge is 0.393 e. The molecule has 2 aromatic rings. The van der Waals surface area contributed by atoms with Crippen molar-refractivity contribution in [2.45, 2.75) is 25.7 Å². The fourth-order valence-electron chi connectivity index (χ4n) is 2.85. The van der Waals surface area contributed by atoms with E-state index in [2.05, 4.69) is 25.7 Å². The fourth-order valence-corrected chi connectivity index (χ4v) is 2.85. The highest BCUT2D eigenvalue weighted by Crippen LogP contribution is 2.27. The molecule has 0 spiro atoms. The molecule has 1 aliphatic rings. The minimum atomic E-state index is -0.604. The van der Waals surface area contributed by atoms with Gasteiger partial charge >= 0.3 is 0 Å². The topological polar surface area (TPSA) is 96.2 Å². The van der Waals surface area contributed by atoms with Crippen LogP contribution in [0.1, 0.15) is 36.0 Å². The minimum Gasteiger partial charge on any atom is -0.393 e. The molecule has 1 fully saturated rings. The molecule has 1 saturated heterocycles. The molecule has 25 heavy (non-hydrogen) atoms. The van der Waals surface area contributed by atoms with E-state index in [1.165, 1.54) is 37.4 Å². The van der Waals surface area contributed by atoms with Crippen molar-refractivity contribution in [3.05, 3.63) is 42.0 Å². The number of carbonyl (C=O) groups excluding carboxylic acids is 1. The smallest absolute Gasteiger partial charge is 0.272 e. The summed E-state index contributed by atoms with van der Waals surface area (Å²) < 4.78 is 13.6. The lowest BCUT2D eigenvalue weighted by atomic mass is 10.2. The third-order valence-electron chi connectivity index (χ3n) is 4.18. The van der Waals surface area contributed by atoms with Crippen molar-refractivity contribution in [1.82, 2.24) is 15.4 Å². The summed E-state index contributed by atoms with van der Waals surface area (Å²) in [6, 6.07) is 5.74. The van der Waals surface area contributed by atoms with Crippen LogP contribution in [0.2, 0.25) is 0 Å². The Kier molecular flexibility index (Phi) is 5.27. The number of amides is 1. The molecule has 0 bridgehead atoms. The zero-order valence-electron chi connectivity index (χ0n) is 13.8. The monoisotopic (exact) mass is 344 g/mol. The van der Waals surface area contributed by atoms with Gasteiger partial charge in [-0.15, -0.1) is 0 Å². The third kappa shape index (κ3) is 3.96. The first kappa shape index (κ1) is 16.9. The molecule has 132 valence electrons. The van der Waals surface area contributed by atoms with Crippen molar-refractivity contribution in [3.63, 3.8) is 0 Å². The first-order valence-corrected chi connectivity index (χ1v) is 8.33. The summed E-state index contributed by atoms with van der Waals surface area (Å²) in [6.45, 7) is 1.78. The van der Waals surface area contributed by atoms with E-state index < -0.39 is 11.7 Å². The van der Waals surface area contributed by atoms with Crippen LogP contribution in [0.15, 0.2) is 30.6 Å². The number of nitrogens with two attached hydrogens (primary N) is 1. The number of rotatable bonds is 4. The molecule has 0 atom stereocenters. The third-order valence-corrected chi connectivity index (χ3v) is 4.18. The second kappa shape index (κ2) is 7.78. The molecule has 7 nitrogen and oxygen atoms in total. The van der Waals surface area contributed by atoms with Gasteiger partial charge in [-0.3, -0.25) is 15.6 Å². The van der Waals surface area contributed by atoms with Crippen LogP contribution in [0.4, 0.5) is 21.7 Å². The average Bonchev–Trinajstić information content (AvgIpc) is 2.90. The fraction of sp³-hybridized carbons (Fsp3) is 0.353. The maximum atomic E-state index is 13.6. The molecule has 0 radical (unpaired) electrons. The molecular weight excluding hydrogens is 323 g/mol. The second-order valence-electron chi connectivity index (χ2n) is 5.92. The number of nitrogens with one attached hydrogen (secondary N) is 2. The Bertz CT molecular complexity index is 746. The normalized spacial score (nSPS) is 14.7. The van der Waals surface area contributed by atoms with Gasteiger partial charge in [0.2, 0.25) is 0 Å². The van der Waals surface area contributed by atoms with Crippen molar-refractivity contribution in [1.29, 1.82) is 0 Å². The Morgan fingerprint density at radius 2 is 1.84 bits per heavy atom. The van der Waals surface area contributed by atoms with E-state index >= 15 is 0 Å². The number of nitrogen functional groups attached to an aromatic ring is 1. The highest BCUT2D eigenvalue weighted by atomic mass is 19.1. The lowest BCUT2D eigenvalue weighted by Crippen LogP contribution is -2.32. The van der Waals surface area contributed by atoms with Crippen molar-refractivity contribution in [2.75, 3.05) is 29.1 Å². The Hall–Kier alpha value is -2.90. The molecule has 2 heterocycles. The van der Waals surface area contributed by atoms with Crippen molar-refractivity contribution >= 4 is 23.2 Å². The zero-order chi connectivity index (χ0) is 17.6. The van der Waals surface area contributed by atoms with Crippen LogP contribution in [-0.2, 0) is 0 Å². The van der Waals surface area contributed by atoms with Crippen molar-refractivity contribution in [3.8, 4) is 0 Å². The van der Waals surface area contributed by atoms with Crippen LogP contribution in [-0.4, -0.2) is 29.0 Å². The van der Waals surface area contributed by atoms with Crippen LogP contribution in [0, 0.1) is 5.82 Å². The van der Waals surface area contributed by atoms with Gasteiger partial charge in [0.25, 0.3) is 5.91 Å². The van der Waals surface area contributed by atoms with E-state index in [0.717, 1.165) is 25.9 Å². The molecule has 3 rings (SSSR count). The van der Waals surface area contributed by atoms with E-state index in [9.17, 15) is 9.18 Å². The van der Waals surface area contributed by atoms with Gasteiger partial charge in [-0.05, 0) is 25.0 Å². The van der Waals surface area contributed by atoms with E-state index in [1.54, 1.807) is 6.07 Å². The molecule has 0 unspecified atom stereocenters. The summed E-state index contributed by atoms with van der Waals surface area (Å²) in [7, 11) is 0. The van der Waals surface area contributed by atoms with Gasteiger partial charge in [0, 0.05) is 13.1 Å². The Balaban J connectivity index is 1.71. The van der Waals surface area contributed by atoms with E-state index in [4.69, 9.17) is 5.73 Å². The number of hydrazine groups is 1. The van der Waals surface area contributed by atoms with Gasteiger partial charge in [0.1, 0.15) is 17.8 Å². The Morgan fingerprint density at radius 1 is 1.12 bits per heavy atom. The number of carbonyl (C=O) groups is 1. The molecule has 1 amide bonds. The van der Waals surface area contributed by atoms with Gasteiger partial charge in [-0.1, -0.05) is 25.0 Å². The molecule has 4 N–H and O–H groups in total. The van der Waals surface area contributed by atoms with Gasteiger partial charge in [0.05, 0.1) is 5.56 Å². The lowest BCUT2D eigenvalue weighted by Gasteiger charge is -2.23. The predicted molar refractivity (Wildman–Crippen MR) is 94.6 cm³/mol. The molecule has 1 aromatic heterocycles. The SMILES string of the molecule is Nc1c(NNC(=O)c2ccccc2F)ncnc1N1CCCCCC1. The quantitative estimate of drug-likeness (QED) is 0.737. The summed E-state index contributed by atoms with van der Waals surface area (Å²) in [5.41, 5.74) is 11.6. The van der Waals surface area contributed by atoms with Crippen LogP contribution < -0.4 is 21.5 Å². The first-order chi connectivity index (χ1) is 12.2. The zero-order valence-corrected chi connectivity index (χ0v) is 13.8. The summed E-state index contributed by atoms with van der Waals surface area (Å²) in [5, 5.41) is 0. The van der Waals surface area contributed by atoms with Crippen LogP contribution in [0.3, 0.4) is 0 Å². The van der Waals surface area contributed by atoms with Crippen molar-refractivity contribution < 1.29 is 9.18 Å². The number of aromatic nitrogens is 2. The lowest BCUT2D eigenvalue weighted by molar-refractivity contribution is 0.0958. The highest BCUT2D eigenvalue weighted by molar-refractivity contribution is 5.95. The number of nitrogens with zero attached hydrogens (tertiary/aromatic N) is 3. The van der Waals surface area contributed by atoms with Gasteiger partial charge in [-0.2, -0.15) is 0 Å². The number of benzene rings is 1. The number of halogens is 1. The summed E-state index contributed by atoms with van der Waals surface area (Å²) in [6.07, 6.45) is 5.98. The maximum Gasteiger partial charge on any atom is 0.272 e. The number of anilines is 3. The predicted octanol–water partition coefficient (Wildman–Crippen LogP) is 2.34. The average molecular weight is 344 g/mol. The van der Waals surface area contributed by atoms with Gasteiger partial charge < -0.3 is 10.6 Å². The van der Waals surface area contributed by atoms with Crippen molar-refractivity contribution in [2.24, 2.45) is 0 Å².